The first-order chi connectivity index (χ1) is 11.4. The first kappa shape index (κ1) is 17.4. The van der Waals surface area contributed by atoms with Crippen molar-refractivity contribution in [3.05, 3.63) is 65.2 Å². The van der Waals surface area contributed by atoms with Gasteiger partial charge in [0, 0.05) is 5.56 Å². The van der Waals surface area contributed by atoms with Crippen LogP contribution in [-0.4, -0.2) is 19.6 Å². The second kappa shape index (κ2) is 7.55. The lowest BCUT2D eigenvalue weighted by Gasteiger charge is -2.08. The second-order valence-corrected chi connectivity index (χ2v) is 4.73. The van der Waals surface area contributed by atoms with Gasteiger partial charge in [0.1, 0.15) is 5.75 Å². The van der Waals surface area contributed by atoms with Gasteiger partial charge in [-0.05, 0) is 24.3 Å². The lowest BCUT2D eigenvalue weighted by molar-refractivity contribution is -0.137. The lowest BCUT2D eigenvalue weighted by Crippen LogP contribution is -2.24. The zero-order valence-electron chi connectivity index (χ0n) is 12.8. The van der Waals surface area contributed by atoms with Crippen molar-refractivity contribution in [3.8, 4) is 17.6 Å². The Morgan fingerprint density at radius 2 is 1.79 bits per heavy atom. The first-order valence-electron chi connectivity index (χ1n) is 7.00. The van der Waals surface area contributed by atoms with Crippen molar-refractivity contribution in [1.82, 2.24) is 5.32 Å². The highest BCUT2D eigenvalue weighted by atomic mass is 19.4. The van der Waals surface area contributed by atoms with Crippen molar-refractivity contribution in [2.24, 2.45) is 0 Å². The molecular formula is C18H14F3NO2. The van der Waals surface area contributed by atoms with Crippen LogP contribution >= 0.6 is 0 Å². The number of rotatable bonds is 3. The number of methoxy groups -OCH3 is 1. The number of para-hydroxylation sites is 1. The molecule has 0 saturated carbocycles. The maximum absolute atomic E-state index is 12.8. The molecule has 0 aliphatic rings. The van der Waals surface area contributed by atoms with Crippen LogP contribution in [-0.2, 0) is 6.18 Å². The molecule has 1 amide bonds. The maximum atomic E-state index is 12.8. The minimum Gasteiger partial charge on any atom is -0.496 e. The summed E-state index contributed by atoms with van der Waals surface area (Å²) in [5, 5.41) is 2.53. The van der Waals surface area contributed by atoms with Gasteiger partial charge >= 0.3 is 6.18 Å². The van der Waals surface area contributed by atoms with Gasteiger partial charge in [-0.3, -0.25) is 4.79 Å². The van der Waals surface area contributed by atoms with Gasteiger partial charge in [-0.25, -0.2) is 0 Å². The van der Waals surface area contributed by atoms with Crippen molar-refractivity contribution in [3.63, 3.8) is 0 Å². The maximum Gasteiger partial charge on any atom is 0.417 e. The number of carbonyl (C=O) groups excluding carboxylic acids is 1. The summed E-state index contributed by atoms with van der Waals surface area (Å²) in [6.07, 6.45) is -4.47. The van der Waals surface area contributed by atoms with E-state index in [0.29, 0.717) is 11.3 Å². The monoisotopic (exact) mass is 333 g/mol. The molecule has 0 aliphatic carbocycles. The Labute approximate surface area is 137 Å². The standard InChI is InChI=1S/C18H14F3NO2/c1-24-16-11-5-3-9-14(16)17(23)22-12-6-8-13-7-2-4-10-15(13)18(19,20)21/h2-5,7,9-11H,12H2,1H3,(H,22,23). The van der Waals surface area contributed by atoms with Crippen molar-refractivity contribution in [2.75, 3.05) is 13.7 Å². The summed E-state index contributed by atoms with van der Waals surface area (Å²) < 4.78 is 43.6. The Morgan fingerprint density at radius 3 is 2.50 bits per heavy atom. The Kier molecular flexibility index (Phi) is 5.48. The smallest absolute Gasteiger partial charge is 0.417 e. The summed E-state index contributed by atoms with van der Waals surface area (Å²) in [6.45, 7) is -0.0803. The summed E-state index contributed by atoms with van der Waals surface area (Å²) in [5.41, 5.74) is -0.595. The zero-order chi connectivity index (χ0) is 17.6. The fraction of sp³-hybridized carbons (Fsp3) is 0.167. The molecule has 0 bridgehead atoms. The number of hydrogen-bond acceptors (Lipinski definition) is 2. The normalized spacial score (nSPS) is 10.5. The van der Waals surface area contributed by atoms with E-state index >= 15 is 0 Å². The van der Waals surface area contributed by atoms with Crippen molar-refractivity contribution in [2.45, 2.75) is 6.18 Å². The molecule has 2 rings (SSSR count). The molecular weight excluding hydrogens is 319 g/mol. The fourth-order valence-electron chi connectivity index (χ4n) is 2.03. The molecule has 24 heavy (non-hydrogen) atoms. The number of hydrogen-bond donors (Lipinski definition) is 1. The van der Waals surface area contributed by atoms with E-state index in [1.807, 2.05) is 0 Å². The minimum atomic E-state index is -4.47. The van der Waals surface area contributed by atoms with Gasteiger partial charge in [0.05, 0.1) is 24.8 Å². The van der Waals surface area contributed by atoms with Crippen LogP contribution in [0.3, 0.4) is 0 Å². The molecule has 0 heterocycles. The number of amides is 1. The highest BCUT2D eigenvalue weighted by molar-refractivity contribution is 5.97. The molecule has 0 aliphatic heterocycles. The molecule has 1 N–H and O–H groups in total. The Balaban J connectivity index is 2.06. The van der Waals surface area contributed by atoms with Gasteiger partial charge in [0.2, 0.25) is 0 Å². The summed E-state index contributed by atoms with van der Waals surface area (Å²) in [6, 6.07) is 11.7. The predicted octanol–water partition coefficient (Wildman–Crippen LogP) is 3.50. The van der Waals surface area contributed by atoms with Gasteiger partial charge in [0.15, 0.2) is 0 Å². The molecule has 0 unspecified atom stereocenters. The molecule has 0 radical (unpaired) electrons. The van der Waals surface area contributed by atoms with E-state index in [1.165, 1.54) is 25.3 Å². The first-order valence-corrected chi connectivity index (χ1v) is 7.00. The quantitative estimate of drug-likeness (QED) is 0.873. The number of halogens is 3. The van der Waals surface area contributed by atoms with E-state index in [9.17, 15) is 18.0 Å². The van der Waals surface area contributed by atoms with Crippen LogP contribution in [0, 0.1) is 11.8 Å². The zero-order valence-corrected chi connectivity index (χ0v) is 12.8. The van der Waals surface area contributed by atoms with Gasteiger partial charge in [-0.1, -0.05) is 36.1 Å². The number of nitrogens with one attached hydrogen (secondary N) is 1. The molecule has 6 heteroatoms. The highest BCUT2D eigenvalue weighted by Crippen LogP contribution is 2.31. The number of benzene rings is 2. The van der Waals surface area contributed by atoms with Gasteiger partial charge in [0.25, 0.3) is 5.91 Å². The topological polar surface area (TPSA) is 38.3 Å². The molecule has 0 atom stereocenters. The Hall–Kier alpha value is -2.94. The summed E-state index contributed by atoms with van der Waals surface area (Å²) in [5.74, 6) is 4.97. The SMILES string of the molecule is COc1ccccc1C(=O)NCC#Cc1ccccc1C(F)(F)F. The van der Waals surface area contributed by atoms with E-state index in [1.54, 1.807) is 24.3 Å². The van der Waals surface area contributed by atoms with E-state index in [2.05, 4.69) is 17.2 Å². The van der Waals surface area contributed by atoms with Gasteiger partial charge in [-0.2, -0.15) is 13.2 Å². The van der Waals surface area contributed by atoms with Crippen LogP contribution in [0.4, 0.5) is 13.2 Å². The second-order valence-electron chi connectivity index (χ2n) is 4.73. The average Bonchev–Trinajstić information content (AvgIpc) is 2.58. The highest BCUT2D eigenvalue weighted by Gasteiger charge is 2.32. The van der Waals surface area contributed by atoms with Crippen LogP contribution in [0.1, 0.15) is 21.5 Å². The fourth-order valence-corrected chi connectivity index (χ4v) is 2.03. The van der Waals surface area contributed by atoms with Crippen LogP contribution in [0.15, 0.2) is 48.5 Å². The predicted molar refractivity (Wildman–Crippen MR) is 83.6 cm³/mol. The van der Waals surface area contributed by atoms with Crippen LogP contribution in [0.2, 0.25) is 0 Å². The van der Waals surface area contributed by atoms with Crippen LogP contribution in [0.25, 0.3) is 0 Å². The lowest BCUT2D eigenvalue weighted by atomic mass is 10.1. The third-order valence-electron chi connectivity index (χ3n) is 3.14. The van der Waals surface area contributed by atoms with Crippen molar-refractivity contribution >= 4 is 5.91 Å². The van der Waals surface area contributed by atoms with Crippen LogP contribution in [0.5, 0.6) is 5.75 Å². The molecule has 0 fully saturated rings. The summed E-state index contributed by atoms with van der Waals surface area (Å²) >= 11 is 0. The molecule has 3 nitrogen and oxygen atoms in total. The molecule has 0 saturated heterocycles. The van der Waals surface area contributed by atoms with E-state index in [0.717, 1.165) is 6.07 Å². The minimum absolute atomic E-state index is 0.0803. The summed E-state index contributed by atoms with van der Waals surface area (Å²) in [7, 11) is 1.44. The van der Waals surface area contributed by atoms with Crippen LogP contribution < -0.4 is 10.1 Å². The number of ether oxygens (including phenoxy) is 1. The van der Waals surface area contributed by atoms with Crippen molar-refractivity contribution < 1.29 is 22.7 Å². The molecule has 2 aromatic rings. The molecule has 0 aromatic heterocycles. The third-order valence-corrected chi connectivity index (χ3v) is 3.14. The van der Waals surface area contributed by atoms with Gasteiger partial charge in [-0.15, -0.1) is 0 Å². The van der Waals surface area contributed by atoms with E-state index in [4.69, 9.17) is 4.74 Å². The largest absolute Gasteiger partial charge is 0.496 e. The van der Waals surface area contributed by atoms with E-state index in [-0.39, 0.29) is 12.1 Å². The average molecular weight is 333 g/mol. The molecule has 124 valence electrons. The number of carbonyl (C=O) groups is 1. The Morgan fingerprint density at radius 1 is 1.12 bits per heavy atom. The van der Waals surface area contributed by atoms with Gasteiger partial charge < -0.3 is 10.1 Å². The Bertz CT molecular complexity index is 789. The third kappa shape index (κ3) is 4.29. The van der Waals surface area contributed by atoms with Crippen molar-refractivity contribution in [1.29, 1.82) is 0 Å². The number of alkyl halides is 3. The van der Waals surface area contributed by atoms with E-state index < -0.39 is 17.6 Å². The molecule has 2 aromatic carbocycles. The molecule has 0 spiro atoms. The summed E-state index contributed by atoms with van der Waals surface area (Å²) in [4.78, 5) is 12.0.